The maximum atomic E-state index is 11.8. The molecule has 0 spiro atoms. The van der Waals surface area contributed by atoms with E-state index in [2.05, 4.69) is 30.7 Å². The van der Waals surface area contributed by atoms with Crippen LogP contribution >= 0.6 is 0 Å². The van der Waals surface area contributed by atoms with Gasteiger partial charge in [0, 0.05) is 6.61 Å². The van der Waals surface area contributed by atoms with Gasteiger partial charge in [-0.1, -0.05) is 26.0 Å². The van der Waals surface area contributed by atoms with Crippen LogP contribution in [0.5, 0.6) is 5.75 Å². The molecule has 6 heteroatoms. The zero-order valence-electron chi connectivity index (χ0n) is 14.1. The third-order valence-corrected chi connectivity index (χ3v) is 5.53. The van der Waals surface area contributed by atoms with Gasteiger partial charge in [0.25, 0.3) is 0 Å². The lowest BCUT2D eigenvalue weighted by Gasteiger charge is -2.31. The standard InChI is InChI=1S/C17H27NO4S/c1-4-23(19,20)18-16-6-5-11-21-17(16)12-22-15-9-7-14(8-10-15)13(2)3/h7-10,13,16-18H,4-6,11-12H2,1-3H3/t16-,17+/m0/s1. The van der Waals surface area contributed by atoms with Crippen molar-refractivity contribution < 1.29 is 17.9 Å². The summed E-state index contributed by atoms with van der Waals surface area (Å²) >= 11 is 0. The van der Waals surface area contributed by atoms with Crippen molar-refractivity contribution in [3.8, 4) is 5.75 Å². The summed E-state index contributed by atoms with van der Waals surface area (Å²) in [5.41, 5.74) is 1.26. The van der Waals surface area contributed by atoms with Crippen molar-refractivity contribution in [2.45, 2.75) is 51.7 Å². The number of sulfonamides is 1. The maximum absolute atomic E-state index is 11.8. The van der Waals surface area contributed by atoms with Crippen LogP contribution in [0.2, 0.25) is 0 Å². The van der Waals surface area contributed by atoms with Crippen LogP contribution in [0.3, 0.4) is 0 Å². The van der Waals surface area contributed by atoms with Gasteiger partial charge in [0.05, 0.1) is 11.8 Å². The maximum Gasteiger partial charge on any atom is 0.211 e. The van der Waals surface area contributed by atoms with Crippen molar-refractivity contribution in [1.82, 2.24) is 4.72 Å². The molecule has 1 aliphatic heterocycles. The highest BCUT2D eigenvalue weighted by molar-refractivity contribution is 7.89. The van der Waals surface area contributed by atoms with Gasteiger partial charge in [-0.3, -0.25) is 0 Å². The predicted octanol–water partition coefficient (Wildman–Crippen LogP) is 2.68. The molecule has 1 fully saturated rings. The van der Waals surface area contributed by atoms with Crippen LogP contribution in [-0.4, -0.2) is 39.5 Å². The van der Waals surface area contributed by atoms with Crippen LogP contribution in [-0.2, 0) is 14.8 Å². The monoisotopic (exact) mass is 341 g/mol. The van der Waals surface area contributed by atoms with Gasteiger partial charge in [-0.2, -0.15) is 0 Å². The first-order valence-electron chi connectivity index (χ1n) is 8.25. The Bertz CT molecular complexity index is 583. The van der Waals surface area contributed by atoms with Gasteiger partial charge < -0.3 is 9.47 Å². The summed E-state index contributed by atoms with van der Waals surface area (Å²) in [5, 5.41) is 0. The number of hydrogen-bond donors (Lipinski definition) is 1. The second-order valence-corrected chi connectivity index (χ2v) is 8.26. The van der Waals surface area contributed by atoms with Crippen molar-refractivity contribution in [3.05, 3.63) is 29.8 Å². The van der Waals surface area contributed by atoms with Crippen LogP contribution in [0.4, 0.5) is 0 Å². The van der Waals surface area contributed by atoms with Crippen molar-refractivity contribution in [2.24, 2.45) is 0 Å². The van der Waals surface area contributed by atoms with E-state index < -0.39 is 10.0 Å². The fraction of sp³-hybridized carbons (Fsp3) is 0.647. The minimum absolute atomic E-state index is 0.0771. The summed E-state index contributed by atoms with van der Waals surface area (Å²) in [6.45, 7) is 6.92. The van der Waals surface area contributed by atoms with E-state index in [-0.39, 0.29) is 17.9 Å². The van der Waals surface area contributed by atoms with Gasteiger partial charge in [-0.25, -0.2) is 13.1 Å². The van der Waals surface area contributed by atoms with E-state index in [0.29, 0.717) is 19.1 Å². The molecule has 1 aromatic rings. The first kappa shape index (κ1) is 18.2. The Balaban J connectivity index is 1.94. The van der Waals surface area contributed by atoms with E-state index in [9.17, 15) is 8.42 Å². The largest absolute Gasteiger partial charge is 0.491 e. The van der Waals surface area contributed by atoms with Crippen LogP contribution in [0.15, 0.2) is 24.3 Å². The molecule has 0 bridgehead atoms. The molecule has 0 unspecified atom stereocenters. The molecular weight excluding hydrogens is 314 g/mol. The highest BCUT2D eigenvalue weighted by Gasteiger charge is 2.29. The van der Waals surface area contributed by atoms with E-state index in [4.69, 9.17) is 9.47 Å². The van der Waals surface area contributed by atoms with Crippen LogP contribution < -0.4 is 9.46 Å². The quantitative estimate of drug-likeness (QED) is 0.828. The minimum Gasteiger partial charge on any atom is -0.491 e. The highest BCUT2D eigenvalue weighted by atomic mass is 32.2. The molecule has 1 aliphatic rings. The summed E-state index contributed by atoms with van der Waals surface area (Å²) in [4.78, 5) is 0. The van der Waals surface area contributed by atoms with Gasteiger partial charge in [0.1, 0.15) is 18.5 Å². The highest BCUT2D eigenvalue weighted by Crippen LogP contribution is 2.20. The molecule has 0 radical (unpaired) electrons. The Labute approximate surface area is 139 Å². The zero-order valence-corrected chi connectivity index (χ0v) is 14.9. The summed E-state index contributed by atoms with van der Waals surface area (Å²) in [6.07, 6.45) is 1.38. The van der Waals surface area contributed by atoms with E-state index in [0.717, 1.165) is 18.6 Å². The lowest BCUT2D eigenvalue weighted by Crippen LogP contribution is -2.49. The second kappa shape index (κ2) is 8.13. The number of benzene rings is 1. The molecule has 2 rings (SSSR count). The van der Waals surface area contributed by atoms with Gasteiger partial charge in [-0.05, 0) is 43.4 Å². The molecule has 5 nitrogen and oxygen atoms in total. The van der Waals surface area contributed by atoms with E-state index in [1.807, 2.05) is 12.1 Å². The molecule has 1 aromatic carbocycles. The van der Waals surface area contributed by atoms with E-state index in [1.54, 1.807) is 6.92 Å². The molecule has 1 N–H and O–H groups in total. The molecule has 0 saturated carbocycles. The van der Waals surface area contributed by atoms with Crippen molar-refractivity contribution in [3.63, 3.8) is 0 Å². The third kappa shape index (κ3) is 5.48. The van der Waals surface area contributed by atoms with Gasteiger partial charge in [-0.15, -0.1) is 0 Å². The Morgan fingerprint density at radius 2 is 2.00 bits per heavy atom. The van der Waals surface area contributed by atoms with Gasteiger partial charge >= 0.3 is 0 Å². The number of rotatable bonds is 7. The Kier molecular flexibility index (Phi) is 6.44. The first-order chi connectivity index (χ1) is 10.9. The van der Waals surface area contributed by atoms with E-state index in [1.165, 1.54) is 5.56 Å². The normalized spacial score (nSPS) is 22.3. The summed E-state index contributed by atoms with van der Waals surface area (Å²) in [5.74, 6) is 1.34. The summed E-state index contributed by atoms with van der Waals surface area (Å²) < 4.78 is 37.8. The second-order valence-electron chi connectivity index (χ2n) is 6.21. The Morgan fingerprint density at radius 3 is 2.61 bits per heavy atom. The number of ether oxygens (including phenoxy) is 2. The van der Waals surface area contributed by atoms with Gasteiger partial charge in [0.15, 0.2) is 0 Å². The molecule has 2 atom stereocenters. The molecular formula is C17H27NO4S. The molecule has 23 heavy (non-hydrogen) atoms. The molecule has 130 valence electrons. The lowest BCUT2D eigenvalue weighted by atomic mass is 10.0. The van der Waals surface area contributed by atoms with Crippen LogP contribution in [0.1, 0.15) is 45.1 Å². The average molecular weight is 341 g/mol. The molecule has 0 amide bonds. The third-order valence-electron chi connectivity index (χ3n) is 4.11. The predicted molar refractivity (Wildman–Crippen MR) is 91.4 cm³/mol. The van der Waals surface area contributed by atoms with E-state index >= 15 is 0 Å². The van der Waals surface area contributed by atoms with Crippen molar-refractivity contribution in [2.75, 3.05) is 19.0 Å². The Morgan fingerprint density at radius 1 is 1.30 bits per heavy atom. The molecule has 1 heterocycles. The van der Waals surface area contributed by atoms with Gasteiger partial charge in [0.2, 0.25) is 10.0 Å². The first-order valence-corrected chi connectivity index (χ1v) is 9.91. The van der Waals surface area contributed by atoms with Crippen LogP contribution in [0.25, 0.3) is 0 Å². The summed E-state index contributed by atoms with van der Waals surface area (Å²) in [7, 11) is -3.24. The molecule has 0 aliphatic carbocycles. The Hall–Kier alpha value is -1.11. The lowest BCUT2D eigenvalue weighted by molar-refractivity contribution is -0.0279. The number of hydrogen-bond acceptors (Lipinski definition) is 4. The fourth-order valence-electron chi connectivity index (χ4n) is 2.58. The SMILES string of the molecule is CCS(=O)(=O)N[C@H]1CCCO[C@@H]1COc1ccc(C(C)C)cc1. The topological polar surface area (TPSA) is 64.6 Å². The molecule has 1 saturated heterocycles. The number of nitrogens with one attached hydrogen (secondary N) is 1. The van der Waals surface area contributed by atoms with Crippen molar-refractivity contribution >= 4 is 10.0 Å². The fourth-order valence-corrected chi connectivity index (χ4v) is 3.48. The average Bonchev–Trinajstić information content (AvgIpc) is 2.54. The van der Waals surface area contributed by atoms with Crippen molar-refractivity contribution in [1.29, 1.82) is 0 Å². The van der Waals surface area contributed by atoms with Crippen LogP contribution in [0, 0.1) is 0 Å². The minimum atomic E-state index is -3.24. The zero-order chi connectivity index (χ0) is 16.9. The molecule has 0 aromatic heterocycles. The smallest absolute Gasteiger partial charge is 0.211 e. The summed E-state index contributed by atoms with van der Waals surface area (Å²) in [6, 6.07) is 7.79.